The minimum Gasteiger partial charge on any atom is -0.434 e. The molecule has 0 saturated heterocycles. The number of ether oxygens (including phenoxy) is 1. The highest BCUT2D eigenvalue weighted by molar-refractivity contribution is 6.10. The third-order valence-electron chi connectivity index (χ3n) is 4.31. The van der Waals surface area contributed by atoms with Gasteiger partial charge in [-0.3, -0.25) is 9.59 Å². The van der Waals surface area contributed by atoms with Gasteiger partial charge in [-0.25, -0.2) is 0 Å². The predicted octanol–water partition coefficient (Wildman–Crippen LogP) is 4.51. The van der Waals surface area contributed by atoms with Crippen LogP contribution in [0.1, 0.15) is 26.3 Å². The van der Waals surface area contributed by atoms with Crippen LogP contribution in [0, 0.1) is 0 Å². The molecular weight excluding hydrogens is 390 g/mol. The number of benzene rings is 3. The van der Waals surface area contributed by atoms with Crippen LogP contribution in [0.5, 0.6) is 5.75 Å². The number of para-hydroxylation sites is 2. The number of alkyl halides is 2. The topological polar surface area (TPSA) is 67.4 Å². The Kier molecular flexibility index (Phi) is 7.10. The zero-order valence-corrected chi connectivity index (χ0v) is 16.0. The summed E-state index contributed by atoms with van der Waals surface area (Å²) in [5.41, 5.74) is 1.57. The Balaban J connectivity index is 1.69. The van der Waals surface area contributed by atoms with Crippen LogP contribution in [0.3, 0.4) is 0 Å². The van der Waals surface area contributed by atoms with E-state index in [1.165, 1.54) is 24.3 Å². The molecule has 2 amide bonds. The van der Waals surface area contributed by atoms with Gasteiger partial charge in [-0.15, -0.1) is 0 Å². The first-order valence-corrected chi connectivity index (χ1v) is 9.31. The molecule has 0 unspecified atom stereocenters. The van der Waals surface area contributed by atoms with Crippen LogP contribution < -0.4 is 15.4 Å². The van der Waals surface area contributed by atoms with Gasteiger partial charge in [0, 0.05) is 6.54 Å². The number of amides is 2. The smallest absolute Gasteiger partial charge is 0.387 e. The molecule has 7 heteroatoms. The number of rotatable bonds is 8. The first-order valence-electron chi connectivity index (χ1n) is 9.31. The molecule has 0 aliphatic carbocycles. The molecule has 3 rings (SSSR count). The highest BCUT2D eigenvalue weighted by Gasteiger charge is 2.18. The summed E-state index contributed by atoms with van der Waals surface area (Å²) in [7, 11) is 0. The molecule has 0 fully saturated rings. The van der Waals surface area contributed by atoms with E-state index in [0.717, 1.165) is 5.56 Å². The van der Waals surface area contributed by atoms with Crippen molar-refractivity contribution in [3.63, 3.8) is 0 Å². The third-order valence-corrected chi connectivity index (χ3v) is 4.31. The van der Waals surface area contributed by atoms with Crippen molar-refractivity contribution in [3.8, 4) is 5.75 Å². The van der Waals surface area contributed by atoms with Crippen LogP contribution in [0.25, 0.3) is 0 Å². The lowest BCUT2D eigenvalue weighted by molar-refractivity contribution is -0.0501. The Bertz CT molecular complexity index is 1010. The van der Waals surface area contributed by atoms with E-state index in [2.05, 4.69) is 15.4 Å². The first-order chi connectivity index (χ1) is 14.5. The second-order valence-corrected chi connectivity index (χ2v) is 6.37. The molecule has 3 aromatic carbocycles. The molecule has 0 bridgehead atoms. The lowest BCUT2D eigenvalue weighted by Gasteiger charge is -2.13. The van der Waals surface area contributed by atoms with E-state index in [1.807, 2.05) is 30.3 Å². The van der Waals surface area contributed by atoms with Gasteiger partial charge in [-0.2, -0.15) is 8.78 Å². The van der Waals surface area contributed by atoms with Crippen LogP contribution in [-0.2, 0) is 6.42 Å². The Hall–Kier alpha value is -3.74. The molecule has 154 valence electrons. The quantitative estimate of drug-likeness (QED) is 0.574. The van der Waals surface area contributed by atoms with Crippen LogP contribution in [-0.4, -0.2) is 25.0 Å². The molecule has 30 heavy (non-hydrogen) atoms. The zero-order chi connectivity index (χ0) is 21.3. The summed E-state index contributed by atoms with van der Waals surface area (Å²) in [5.74, 6) is -1.25. The second-order valence-electron chi connectivity index (χ2n) is 6.37. The van der Waals surface area contributed by atoms with Crippen LogP contribution in [0.15, 0.2) is 78.9 Å². The average Bonchev–Trinajstić information content (AvgIpc) is 2.74. The molecule has 5 nitrogen and oxygen atoms in total. The molecule has 0 saturated carbocycles. The Labute approximate surface area is 172 Å². The number of carbonyl (C=O) groups excluding carboxylic acids is 2. The van der Waals surface area contributed by atoms with Crippen molar-refractivity contribution >= 4 is 17.5 Å². The van der Waals surface area contributed by atoms with Crippen molar-refractivity contribution in [2.24, 2.45) is 0 Å². The first kappa shape index (κ1) is 21.0. The molecule has 0 spiro atoms. The fourth-order valence-electron chi connectivity index (χ4n) is 2.89. The predicted molar refractivity (Wildman–Crippen MR) is 110 cm³/mol. The molecule has 3 aromatic rings. The van der Waals surface area contributed by atoms with Crippen molar-refractivity contribution in [1.82, 2.24) is 5.32 Å². The van der Waals surface area contributed by atoms with Crippen molar-refractivity contribution in [2.45, 2.75) is 13.0 Å². The van der Waals surface area contributed by atoms with E-state index < -0.39 is 12.5 Å². The van der Waals surface area contributed by atoms with Crippen molar-refractivity contribution in [1.29, 1.82) is 0 Å². The van der Waals surface area contributed by atoms with Crippen LogP contribution in [0.2, 0.25) is 0 Å². The Morgan fingerprint density at radius 3 is 2.17 bits per heavy atom. The van der Waals surface area contributed by atoms with Gasteiger partial charge >= 0.3 is 6.61 Å². The summed E-state index contributed by atoms with van der Waals surface area (Å²) >= 11 is 0. The molecule has 0 atom stereocenters. The normalized spacial score (nSPS) is 10.5. The third kappa shape index (κ3) is 5.64. The zero-order valence-electron chi connectivity index (χ0n) is 16.0. The standard InChI is InChI=1S/C23H20F2N2O3/c24-23(25)30-20-13-7-5-11-18(20)22(29)27-19-12-6-4-10-17(19)21(28)26-15-14-16-8-2-1-3-9-16/h1-13,23H,14-15H2,(H,26,28)(H,27,29). The van der Waals surface area contributed by atoms with Crippen molar-refractivity contribution < 1.29 is 23.1 Å². The maximum Gasteiger partial charge on any atom is 0.387 e. The highest BCUT2D eigenvalue weighted by atomic mass is 19.3. The van der Waals surface area contributed by atoms with Gasteiger partial charge in [-0.1, -0.05) is 54.6 Å². The lowest BCUT2D eigenvalue weighted by atomic mass is 10.1. The number of anilines is 1. The van der Waals surface area contributed by atoms with E-state index >= 15 is 0 Å². The number of halogens is 2. The minimum atomic E-state index is -3.05. The van der Waals surface area contributed by atoms with E-state index in [0.29, 0.717) is 13.0 Å². The summed E-state index contributed by atoms with van der Waals surface area (Å²) in [6.45, 7) is -2.63. The summed E-state index contributed by atoms with van der Waals surface area (Å²) in [4.78, 5) is 25.2. The van der Waals surface area contributed by atoms with Crippen LogP contribution >= 0.6 is 0 Å². The van der Waals surface area contributed by atoms with E-state index in [1.54, 1.807) is 24.3 Å². The monoisotopic (exact) mass is 410 g/mol. The molecule has 0 heterocycles. The van der Waals surface area contributed by atoms with E-state index in [-0.39, 0.29) is 28.5 Å². The highest BCUT2D eigenvalue weighted by Crippen LogP contribution is 2.23. The number of nitrogens with one attached hydrogen (secondary N) is 2. The average molecular weight is 410 g/mol. The Morgan fingerprint density at radius 2 is 1.43 bits per heavy atom. The fraction of sp³-hybridized carbons (Fsp3) is 0.130. The number of carbonyl (C=O) groups is 2. The number of hydrogen-bond donors (Lipinski definition) is 2. The fourth-order valence-corrected chi connectivity index (χ4v) is 2.89. The van der Waals surface area contributed by atoms with Gasteiger partial charge in [0.15, 0.2) is 0 Å². The lowest BCUT2D eigenvalue weighted by Crippen LogP contribution is -2.27. The minimum absolute atomic E-state index is 0.0583. The van der Waals surface area contributed by atoms with Crippen molar-refractivity contribution in [2.75, 3.05) is 11.9 Å². The van der Waals surface area contributed by atoms with Gasteiger partial charge in [0.2, 0.25) is 0 Å². The van der Waals surface area contributed by atoms with E-state index in [9.17, 15) is 18.4 Å². The summed E-state index contributed by atoms with van der Waals surface area (Å²) in [6, 6.07) is 21.9. The van der Waals surface area contributed by atoms with Gasteiger partial charge < -0.3 is 15.4 Å². The second kappa shape index (κ2) is 10.2. The largest absolute Gasteiger partial charge is 0.434 e. The number of hydrogen-bond acceptors (Lipinski definition) is 3. The molecule has 0 aliphatic rings. The van der Waals surface area contributed by atoms with Gasteiger partial charge in [-0.05, 0) is 36.2 Å². The Morgan fingerprint density at radius 1 is 0.800 bits per heavy atom. The van der Waals surface area contributed by atoms with Gasteiger partial charge in [0.05, 0.1) is 16.8 Å². The maximum absolute atomic E-state index is 12.6. The molecule has 0 radical (unpaired) electrons. The van der Waals surface area contributed by atoms with Gasteiger partial charge in [0.1, 0.15) is 5.75 Å². The summed E-state index contributed by atoms with van der Waals surface area (Å²) in [6.07, 6.45) is 0.666. The van der Waals surface area contributed by atoms with Crippen molar-refractivity contribution in [3.05, 3.63) is 95.6 Å². The maximum atomic E-state index is 12.6. The summed E-state index contributed by atoms with van der Waals surface area (Å²) < 4.78 is 29.6. The summed E-state index contributed by atoms with van der Waals surface area (Å²) in [5, 5.41) is 5.43. The molecule has 2 N–H and O–H groups in total. The van der Waals surface area contributed by atoms with Gasteiger partial charge in [0.25, 0.3) is 11.8 Å². The molecular formula is C23H20F2N2O3. The van der Waals surface area contributed by atoms with E-state index in [4.69, 9.17) is 0 Å². The SMILES string of the molecule is O=C(NCCc1ccccc1)c1ccccc1NC(=O)c1ccccc1OC(F)F. The van der Waals surface area contributed by atoms with Crippen LogP contribution in [0.4, 0.5) is 14.5 Å². The molecule has 0 aliphatic heterocycles. The molecule has 0 aromatic heterocycles.